The summed E-state index contributed by atoms with van der Waals surface area (Å²) in [6, 6.07) is 9.85. The summed E-state index contributed by atoms with van der Waals surface area (Å²) in [7, 11) is 0. The number of carbonyl (C=O) groups is 1. The van der Waals surface area contributed by atoms with Gasteiger partial charge in [0.1, 0.15) is 24.2 Å². The molecule has 0 N–H and O–H groups in total. The summed E-state index contributed by atoms with van der Waals surface area (Å²) in [4.78, 5) is 19.1. The van der Waals surface area contributed by atoms with E-state index in [1.54, 1.807) is 16.8 Å². The van der Waals surface area contributed by atoms with Gasteiger partial charge in [-0.05, 0) is 49.6 Å². The van der Waals surface area contributed by atoms with Crippen LogP contribution in [0.2, 0.25) is 0 Å². The number of rotatable bonds is 5. The molecule has 166 valence electrons. The molecule has 0 radical (unpaired) electrons. The van der Waals surface area contributed by atoms with Crippen molar-refractivity contribution < 1.29 is 18.7 Å². The van der Waals surface area contributed by atoms with Gasteiger partial charge in [-0.1, -0.05) is 11.3 Å². The van der Waals surface area contributed by atoms with Gasteiger partial charge in [-0.25, -0.2) is 14.1 Å². The average molecular weight is 437 g/mol. The van der Waals surface area contributed by atoms with Gasteiger partial charge < -0.3 is 14.4 Å². The fraction of sp³-hybridized carbons (Fsp3) is 0.391. The first-order valence-electron chi connectivity index (χ1n) is 10.8. The molecule has 1 fully saturated rings. The van der Waals surface area contributed by atoms with Gasteiger partial charge in [0, 0.05) is 32.2 Å². The van der Waals surface area contributed by atoms with Crippen LogP contribution in [0.25, 0.3) is 5.69 Å². The maximum absolute atomic E-state index is 13.3. The summed E-state index contributed by atoms with van der Waals surface area (Å²) in [6.45, 7) is 3.92. The number of benzene rings is 1. The maximum atomic E-state index is 13.3. The Kier molecular flexibility index (Phi) is 5.57. The molecule has 1 saturated heterocycles. The van der Waals surface area contributed by atoms with Gasteiger partial charge >= 0.3 is 0 Å². The van der Waals surface area contributed by atoms with Gasteiger partial charge in [-0.3, -0.25) is 4.79 Å². The number of nitrogens with zero attached hydrogens (tertiary/aromatic N) is 5. The molecule has 0 bridgehead atoms. The number of amides is 1. The minimum absolute atomic E-state index is 0.0745. The molecule has 3 aromatic rings. The average Bonchev–Trinajstić information content (AvgIpc) is 3.47. The highest BCUT2D eigenvalue weighted by Crippen LogP contribution is 2.24. The Balaban J connectivity index is 1.27. The van der Waals surface area contributed by atoms with E-state index >= 15 is 0 Å². The SMILES string of the molecule is Cc1nnn(-c2ccc(F)cc2)c1COc1ccc2c(n1)CCN(C(=O)C1CCCO1)C2. The summed E-state index contributed by atoms with van der Waals surface area (Å²) in [5, 5.41) is 8.28. The molecule has 9 heteroatoms. The lowest BCUT2D eigenvalue weighted by molar-refractivity contribution is -0.141. The molecule has 0 saturated carbocycles. The number of hydrogen-bond donors (Lipinski definition) is 0. The Morgan fingerprint density at radius 1 is 1.25 bits per heavy atom. The molecule has 2 aliphatic rings. The monoisotopic (exact) mass is 437 g/mol. The molecule has 0 aliphatic carbocycles. The Hall–Kier alpha value is -3.33. The predicted octanol–water partition coefficient (Wildman–Crippen LogP) is 2.75. The third kappa shape index (κ3) is 4.08. The van der Waals surface area contributed by atoms with E-state index in [1.165, 1.54) is 12.1 Å². The van der Waals surface area contributed by atoms with Crippen LogP contribution >= 0.6 is 0 Å². The van der Waals surface area contributed by atoms with Crippen LogP contribution in [0.1, 0.15) is 35.5 Å². The van der Waals surface area contributed by atoms with E-state index in [9.17, 15) is 9.18 Å². The van der Waals surface area contributed by atoms with Gasteiger partial charge in [-0.2, -0.15) is 0 Å². The molecule has 2 aromatic heterocycles. The van der Waals surface area contributed by atoms with Crippen molar-refractivity contribution in [3.05, 3.63) is 64.9 Å². The van der Waals surface area contributed by atoms with Crippen LogP contribution in [0.5, 0.6) is 5.88 Å². The predicted molar refractivity (Wildman–Crippen MR) is 113 cm³/mol. The van der Waals surface area contributed by atoms with Gasteiger partial charge in [0.15, 0.2) is 0 Å². The first kappa shape index (κ1) is 20.6. The van der Waals surface area contributed by atoms with E-state index < -0.39 is 0 Å². The number of hydrogen-bond acceptors (Lipinski definition) is 6. The molecule has 32 heavy (non-hydrogen) atoms. The summed E-state index contributed by atoms with van der Waals surface area (Å²) in [6.07, 6.45) is 2.13. The molecule has 1 amide bonds. The second-order valence-corrected chi connectivity index (χ2v) is 8.07. The third-order valence-corrected chi connectivity index (χ3v) is 5.92. The molecule has 1 unspecified atom stereocenters. The minimum atomic E-state index is -0.308. The molecule has 0 spiro atoms. The van der Waals surface area contributed by atoms with Crippen LogP contribution in [0, 0.1) is 12.7 Å². The Morgan fingerprint density at radius 2 is 2.09 bits per heavy atom. The number of halogens is 1. The highest BCUT2D eigenvalue weighted by molar-refractivity contribution is 5.81. The van der Waals surface area contributed by atoms with Gasteiger partial charge in [0.25, 0.3) is 5.91 Å². The molecule has 1 atom stereocenters. The Morgan fingerprint density at radius 3 is 2.88 bits per heavy atom. The highest BCUT2D eigenvalue weighted by atomic mass is 19.1. The molecular formula is C23H24FN5O3. The summed E-state index contributed by atoms with van der Waals surface area (Å²) >= 11 is 0. The number of aryl methyl sites for hydroxylation is 1. The van der Waals surface area contributed by atoms with Crippen LogP contribution in [-0.2, 0) is 29.1 Å². The molecular weight excluding hydrogens is 413 g/mol. The minimum Gasteiger partial charge on any atom is -0.471 e. The zero-order valence-electron chi connectivity index (χ0n) is 17.8. The normalized spacial score (nSPS) is 17.9. The largest absolute Gasteiger partial charge is 0.471 e. The lowest BCUT2D eigenvalue weighted by Gasteiger charge is -2.30. The first-order valence-corrected chi connectivity index (χ1v) is 10.8. The molecule has 2 aliphatic heterocycles. The van der Waals surface area contributed by atoms with Crippen LogP contribution in [-0.4, -0.2) is 50.0 Å². The number of aromatic nitrogens is 4. The number of carbonyl (C=O) groups excluding carboxylic acids is 1. The Labute approximate surface area is 185 Å². The zero-order chi connectivity index (χ0) is 22.1. The van der Waals surface area contributed by atoms with E-state index in [2.05, 4.69) is 15.3 Å². The van der Waals surface area contributed by atoms with Crippen molar-refractivity contribution in [3.8, 4) is 11.6 Å². The van der Waals surface area contributed by atoms with Crippen molar-refractivity contribution in [1.82, 2.24) is 24.9 Å². The quantitative estimate of drug-likeness (QED) is 0.611. The second kappa shape index (κ2) is 8.66. The van der Waals surface area contributed by atoms with Crippen LogP contribution < -0.4 is 4.74 Å². The summed E-state index contributed by atoms with van der Waals surface area (Å²) < 4.78 is 26.4. The van der Waals surface area contributed by atoms with Crippen molar-refractivity contribution in [1.29, 1.82) is 0 Å². The van der Waals surface area contributed by atoms with E-state index in [0.29, 0.717) is 37.7 Å². The van der Waals surface area contributed by atoms with Gasteiger partial charge in [0.2, 0.25) is 5.88 Å². The van der Waals surface area contributed by atoms with Crippen LogP contribution in [0.4, 0.5) is 4.39 Å². The van der Waals surface area contributed by atoms with Crippen molar-refractivity contribution in [2.24, 2.45) is 0 Å². The first-order chi connectivity index (χ1) is 15.6. The standard InChI is InChI=1S/C23H24FN5O3/c1-15-20(29(27-26-15)18-7-5-17(24)6-8-18)14-32-22-9-4-16-13-28(11-10-19(16)25-22)23(30)21-3-2-12-31-21/h4-9,21H,2-3,10-14H2,1H3. The number of fused-ring (bicyclic) bond motifs is 1. The summed E-state index contributed by atoms with van der Waals surface area (Å²) in [5.41, 5.74) is 4.19. The van der Waals surface area contributed by atoms with Crippen LogP contribution in [0.3, 0.4) is 0 Å². The van der Waals surface area contributed by atoms with E-state index in [-0.39, 0.29) is 24.4 Å². The molecule has 8 nitrogen and oxygen atoms in total. The van der Waals surface area contributed by atoms with E-state index in [4.69, 9.17) is 9.47 Å². The highest BCUT2D eigenvalue weighted by Gasteiger charge is 2.30. The smallest absolute Gasteiger partial charge is 0.252 e. The summed E-state index contributed by atoms with van der Waals surface area (Å²) in [5.74, 6) is 0.275. The number of ether oxygens (including phenoxy) is 2. The lowest BCUT2D eigenvalue weighted by Crippen LogP contribution is -2.42. The van der Waals surface area contributed by atoms with Crippen molar-refractivity contribution in [2.75, 3.05) is 13.2 Å². The Bertz CT molecular complexity index is 1130. The molecule has 1 aromatic carbocycles. The number of pyridine rings is 1. The van der Waals surface area contributed by atoms with Crippen molar-refractivity contribution in [2.45, 2.75) is 45.4 Å². The fourth-order valence-electron chi connectivity index (χ4n) is 4.12. The van der Waals surface area contributed by atoms with Gasteiger partial charge in [0.05, 0.1) is 17.1 Å². The van der Waals surface area contributed by atoms with Crippen molar-refractivity contribution >= 4 is 5.91 Å². The lowest BCUT2D eigenvalue weighted by atomic mass is 10.0. The third-order valence-electron chi connectivity index (χ3n) is 5.92. The topological polar surface area (TPSA) is 82.4 Å². The zero-order valence-corrected chi connectivity index (χ0v) is 17.8. The maximum Gasteiger partial charge on any atom is 0.252 e. The van der Waals surface area contributed by atoms with E-state index in [1.807, 2.05) is 24.0 Å². The van der Waals surface area contributed by atoms with Crippen LogP contribution in [0.15, 0.2) is 36.4 Å². The fourth-order valence-corrected chi connectivity index (χ4v) is 4.12. The second-order valence-electron chi connectivity index (χ2n) is 8.07. The van der Waals surface area contributed by atoms with Crippen molar-refractivity contribution in [3.63, 3.8) is 0 Å². The molecule has 4 heterocycles. The molecule has 5 rings (SSSR count). The van der Waals surface area contributed by atoms with E-state index in [0.717, 1.165) is 35.5 Å². The van der Waals surface area contributed by atoms with Gasteiger partial charge in [-0.15, -0.1) is 5.10 Å².